The first kappa shape index (κ1) is 15.1. The van der Waals surface area contributed by atoms with E-state index in [4.69, 9.17) is 9.47 Å². The number of nitrogens with zero attached hydrogens (tertiary/aromatic N) is 1. The molecule has 1 heterocycles. The van der Waals surface area contributed by atoms with Crippen LogP contribution in [0.25, 0.3) is 0 Å². The normalized spacial score (nSPS) is 22.5. The van der Waals surface area contributed by atoms with Crippen molar-refractivity contribution in [3.05, 3.63) is 18.3 Å². The second kappa shape index (κ2) is 6.00. The van der Waals surface area contributed by atoms with Crippen LogP contribution in [-0.4, -0.2) is 28.8 Å². The Morgan fingerprint density at radius 3 is 2.45 bits per heavy atom. The molecular formula is C16H26N2O2. The molecule has 0 unspecified atom stereocenters. The summed E-state index contributed by atoms with van der Waals surface area (Å²) in [7, 11) is 0. The Morgan fingerprint density at radius 1 is 1.25 bits per heavy atom. The fourth-order valence-electron chi connectivity index (χ4n) is 2.29. The SMILES string of the molecule is CC(C)N[C@H]1C[C@@H](Oc2ccc(OC(C)(C)C)cn2)C1. The summed E-state index contributed by atoms with van der Waals surface area (Å²) < 4.78 is 11.6. The van der Waals surface area contributed by atoms with Gasteiger partial charge in [0.1, 0.15) is 17.5 Å². The summed E-state index contributed by atoms with van der Waals surface area (Å²) >= 11 is 0. The molecule has 4 nitrogen and oxygen atoms in total. The Morgan fingerprint density at radius 2 is 1.95 bits per heavy atom. The van der Waals surface area contributed by atoms with E-state index in [2.05, 4.69) is 24.1 Å². The maximum Gasteiger partial charge on any atom is 0.213 e. The number of hydrogen-bond acceptors (Lipinski definition) is 4. The van der Waals surface area contributed by atoms with Crippen LogP contribution >= 0.6 is 0 Å². The average Bonchev–Trinajstić information content (AvgIpc) is 2.26. The fraction of sp³-hybridized carbons (Fsp3) is 0.688. The molecule has 1 saturated carbocycles. The summed E-state index contributed by atoms with van der Waals surface area (Å²) in [6.45, 7) is 10.4. The van der Waals surface area contributed by atoms with Gasteiger partial charge < -0.3 is 14.8 Å². The predicted octanol–water partition coefficient (Wildman–Crippen LogP) is 3.17. The molecule has 20 heavy (non-hydrogen) atoms. The van der Waals surface area contributed by atoms with Crippen molar-refractivity contribution in [2.45, 2.75) is 71.2 Å². The molecule has 2 rings (SSSR count). The minimum atomic E-state index is -0.201. The van der Waals surface area contributed by atoms with Gasteiger partial charge in [-0.15, -0.1) is 0 Å². The lowest BCUT2D eigenvalue weighted by atomic mass is 9.89. The first-order chi connectivity index (χ1) is 9.32. The highest BCUT2D eigenvalue weighted by molar-refractivity contribution is 5.23. The van der Waals surface area contributed by atoms with Gasteiger partial charge in [0, 0.05) is 18.2 Å². The molecule has 1 aromatic heterocycles. The van der Waals surface area contributed by atoms with Crippen molar-refractivity contribution in [2.75, 3.05) is 0 Å². The summed E-state index contributed by atoms with van der Waals surface area (Å²) in [5, 5.41) is 3.51. The number of nitrogens with one attached hydrogen (secondary N) is 1. The van der Waals surface area contributed by atoms with E-state index in [0.29, 0.717) is 18.0 Å². The van der Waals surface area contributed by atoms with Crippen molar-refractivity contribution in [3.63, 3.8) is 0 Å². The van der Waals surface area contributed by atoms with Gasteiger partial charge in [-0.05, 0) is 39.7 Å². The fourth-order valence-corrected chi connectivity index (χ4v) is 2.29. The predicted molar refractivity (Wildman–Crippen MR) is 80.3 cm³/mol. The van der Waals surface area contributed by atoms with E-state index < -0.39 is 0 Å². The highest BCUT2D eigenvalue weighted by atomic mass is 16.5. The zero-order valence-corrected chi connectivity index (χ0v) is 13.1. The van der Waals surface area contributed by atoms with Gasteiger partial charge in [-0.1, -0.05) is 13.8 Å². The smallest absolute Gasteiger partial charge is 0.213 e. The third-order valence-corrected chi connectivity index (χ3v) is 3.08. The second-order valence-corrected chi connectivity index (χ2v) is 6.78. The van der Waals surface area contributed by atoms with Crippen LogP contribution in [0.5, 0.6) is 11.6 Å². The van der Waals surface area contributed by atoms with Crippen LogP contribution in [0.15, 0.2) is 18.3 Å². The summed E-state index contributed by atoms with van der Waals surface area (Å²) in [6.07, 6.45) is 4.12. The van der Waals surface area contributed by atoms with Crippen molar-refractivity contribution < 1.29 is 9.47 Å². The van der Waals surface area contributed by atoms with Crippen molar-refractivity contribution in [3.8, 4) is 11.6 Å². The highest BCUT2D eigenvalue weighted by Gasteiger charge is 2.31. The molecule has 4 heteroatoms. The molecule has 0 spiro atoms. The van der Waals surface area contributed by atoms with Gasteiger partial charge in [-0.3, -0.25) is 0 Å². The Labute approximate surface area is 121 Å². The lowest BCUT2D eigenvalue weighted by molar-refractivity contribution is 0.0766. The molecule has 0 aromatic carbocycles. The van der Waals surface area contributed by atoms with Crippen molar-refractivity contribution in [1.29, 1.82) is 0 Å². The van der Waals surface area contributed by atoms with Crippen LogP contribution in [0, 0.1) is 0 Å². The van der Waals surface area contributed by atoms with Crippen LogP contribution in [0.1, 0.15) is 47.5 Å². The molecule has 1 fully saturated rings. The molecule has 0 radical (unpaired) electrons. The molecule has 112 valence electrons. The maximum absolute atomic E-state index is 5.84. The number of ether oxygens (including phenoxy) is 2. The number of hydrogen-bond donors (Lipinski definition) is 1. The van der Waals surface area contributed by atoms with E-state index in [1.165, 1.54) is 0 Å². The van der Waals surface area contributed by atoms with Gasteiger partial charge in [0.15, 0.2) is 0 Å². The van der Waals surface area contributed by atoms with Crippen LogP contribution in [-0.2, 0) is 0 Å². The molecule has 1 aliphatic rings. The minimum absolute atomic E-state index is 0.201. The molecule has 1 N–H and O–H groups in total. The lowest BCUT2D eigenvalue weighted by Crippen LogP contribution is -2.49. The Balaban J connectivity index is 1.78. The van der Waals surface area contributed by atoms with Crippen LogP contribution in [0.3, 0.4) is 0 Å². The summed E-state index contributed by atoms with van der Waals surface area (Å²) in [4.78, 5) is 4.30. The molecule has 0 amide bonds. The van der Waals surface area contributed by atoms with Gasteiger partial charge in [0.2, 0.25) is 5.88 Å². The van der Waals surface area contributed by atoms with E-state index in [0.717, 1.165) is 18.6 Å². The van der Waals surface area contributed by atoms with Crippen molar-refractivity contribution in [2.24, 2.45) is 0 Å². The largest absolute Gasteiger partial charge is 0.487 e. The quantitative estimate of drug-likeness (QED) is 0.898. The van der Waals surface area contributed by atoms with E-state index in [-0.39, 0.29) is 11.7 Å². The molecule has 0 aliphatic heterocycles. The Kier molecular flexibility index (Phi) is 4.53. The standard InChI is InChI=1S/C16H26N2O2/c1-11(2)18-12-8-14(9-12)19-15-7-6-13(10-17-15)20-16(3,4)5/h6-7,10-12,14,18H,8-9H2,1-5H3/t12-,14+. The van der Waals surface area contributed by atoms with Gasteiger partial charge in [-0.25, -0.2) is 4.98 Å². The minimum Gasteiger partial charge on any atom is -0.487 e. The summed E-state index contributed by atoms with van der Waals surface area (Å²) in [5.41, 5.74) is -0.201. The molecular weight excluding hydrogens is 252 g/mol. The average molecular weight is 278 g/mol. The zero-order valence-electron chi connectivity index (χ0n) is 13.1. The van der Waals surface area contributed by atoms with Crippen LogP contribution in [0.4, 0.5) is 0 Å². The number of pyridine rings is 1. The van der Waals surface area contributed by atoms with Gasteiger partial charge in [0.25, 0.3) is 0 Å². The van der Waals surface area contributed by atoms with Gasteiger partial charge in [-0.2, -0.15) is 0 Å². The second-order valence-electron chi connectivity index (χ2n) is 6.78. The number of aromatic nitrogens is 1. The topological polar surface area (TPSA) is 43.4 Å². The van der Waals surface area contributed by atoms with E-state index >= 15 is 0 Å². The zero-order chi connectivity index (χ0) is 14.8. The molecule has 0 saturated heterocycles. The van der Waals surface area contributed by atoms with Crippen molar-refractivity contribution >= 4 is 0 Å². The highest BCUT2D eigenvalue weighted by Crippen LogP contribution is 2.26. The summed E-state index contributed by atoms with van der Waals surface area (Å²) in [5.74, 6) is 1.46. The monoisotopic (exact) mass is 278 g/mol. The Bertz CT molecular complexity index is 417. The third-order valence-electron chi connectivity index (χ3n) is 3.08. The third kappa shape index (κ3) is 4.67. The maximum atomic E-state index is 5.84. The molecule has 0 atom stereocenters. The lowest BCUT2D eigenvalue weighted by Gasteiger charge is -2.36. The summed E-state index contributed by atoms with van der Waals surface area (Å²) in [6, 6.07) is 4.91. The van der Waals surface area contributed by atoms with E-state index in [9.17, 15) is 0 Å². The van der Waals surface area contributed by atoms with Crippen molar-refractivity contribution in [1.82, 2.24) is 10.3 Å². The van der Waals surface area contributed by atoms with E-state index in [1.54, 1.807) is 6.20 Å². The number of rotatable bonds is 5. The first-order valence-electron chi connectivity index (χ1n) is 7.39. The molecule has 0 bridgehead atoms. The molecule has 1 aromatic rings. The van der Waals surface area contributed by atoms with Crippen LogP contribution in [0.2, 0.25) is 0 Å². The first-order valence-corrected chi connectivity index (χ1v) is 7.39. The molecule has 1 aliphatic carbocycles. The van der Waals surface area contributed by atoms with E-state index in [1.807, 2.05) is 32.9 Å². The Hall–Kier alpha value is -1.29. The van der Waals surface area contributed by atoms with Gasteiger partial charge in [0.05, 0.1) is 6.20 Å². The van der Waals surface area contributed by atoms with Crippen LogP contribution < -0.4 is 14.8 Å². The van der Waals surface area contributed by atoms with Gasteiger partial charge >= 0.3 is 0 Å².